The maximum atomic E-state index is 12.9. The lowest BCUT2D eigenvalue weighted by molar-refractivity contribution is 0.101. The summed E-state index contributed by atoms with van der Waals surface area (Å²) in [5.41, 5.74) is 2.80. The molecular weight excluding hydrogens is 376 g/mol. The zero-order chi connectivity index (χ0) is 19.1. The number of Topliss-reactive ketones (excluding diaryl/α,β-unsaturated/α-hetero) is 1. The van der Waals surface area contributed by atoms with E-state index >= 15 is 0 Å². The van der Waals surface area contributed by atoms with Crippen LogP contribution in [0.25, 0.3) is 17.1 Å². The maximum Gasteiger partial charge on any atom is 0.232 e. The number of ether oxygens (including phenoxy) is 1. The minimum Gasteiger partial charge on any atom is -0.452 e. The van der Waals surface area contributed by atoms with Gasteiger partial charge in [-0.3, -0.25) is 9.89 Å². The summed E-state index contributed by atoms with van der Waals surface area (Å²) in [6.07, 6.45) is 6.38. The first-order valence-electron chi connectivity index (χ1n) is 9.46. The standard InChI is InChI=1S/C21H19ClN4O2/c22-16-4-3-14-19(27)18(11-17-13-2-1-7-24-21(13)26-25-17)28-20(14)15(16)10-12-5-8-23-9-6-12/h1-4,7,11-12,23H,5-6,8-10H2,(H,24,25,26)/b18-11-. The van der Waals surface area contributed by atoms with Crippen LogP contribution in [0.15, 0.2) is 36.2 Å². The van der Waals surface area contributed by atoms with E-state index in [9.17, 15) is 4.79 Å². The van der Waals surface area contributed by atoms with E-state index in [0.717, 1.165) is 43.3 Å². The summed E-state index contributed by atoms with van der Waals surface area (Å²) < 4.78 is 6.03. The van der Waals surface area contributed by atoms with E-state index in [1.165, 1.54) is 0 Å². The summed E-state index contributed by atoms with van der Waals surface area (Å²) in [6, 6.07) is 7.29. The highest BCUT2D eigenvalue weighted by Crippen LogP contribution is 2.40. The Morgan fingerprint density at radius 1 is 1.25 bits per heavy atom. The van der Waals surface area contributed by atoms with Crippen LogP contribution in [0.2, 0.25) is 5.02 Å². The molecule has 1 saturated heterocycles. The van der Waals surface area contributed by atoms with Gasteiger partial charge in [-0.15, -0.1) is 0 Å². The minimum atomic E-state index is -0.140. The molecule has 0 bridgehead atoms. The zero-order valence-corrected chi connectivity index (χ0v) is 15.9. The molecule has 0 unspecified atom stereocenters. The molecule has 3 aromatic rings. The molecule has 0 atom stereocenters. The smallest absolute Gasteiger partial charge is 0.232 e. The summed E-state index contributed by atoms with van der Waals surface area (Å²) in [6.45, 7) is 2.03. The van der Waals surface area contributed by atoms with Crippen LogP contribution >= 0.6 is 11.6 Å². The fourth-order valence-corrected chi connectivity index (χ4v) is 4.18. The third-order valence-electron chi connectivity index (χ3n) is 5.47. The number of piperidine rings is 1. The van der Waals surface area contributed by atoms with E-state index in [4.69, 9.17) is 16.3 Å². The lowest BCUT2D eigenvalue weighted by Gasteiger charge is -2.23. The average molecular weight is 395 g/mol. The van der Waals surface area contributed by atoms with Crippen molar-refractivity contribution in [1.82, 2.24) is 20.5 Å². The number of aromatic nitrogens is 3. The topological polar surface area (TPSA) is 79.9 Å². The number of hydrogen-bond acceptors (Lipinski definition) is 5. The number of benzene rings is 1. The Morgan fingerprint density at radius 2 is 2.11 bits per heavy atom. The molecule has 1 fully saturated rings. The van der Waals surface area contributed by atoms with Gasteiger partial charge in [0.2, 0.25) is 5.78 Å². The Labute approximate surface area is 166 Å². The van der Waals surface area contributed by atoms with Crippen LogP contribution in [0.5, 0.6) is 5.75 Å². The van der Waals surface area contributed by atoms with Crippen molar-refractivity contribution in [3.63, 3.8) is 0 Å². The molecule has 0 radical (unpaired) electrons. The van der Waals surface area contributed by atoms with Crippen molar-refractivity contribution in [1.29, 1.82) is 0 Å². The summed E-state index contributed by atoms with van der Waals surface area (Å²) in [5.74, 6) is 1.26. The molecule has 1 aromatic carbocycles. The molecule has 0 amide bonds. The van der Waals surface area contributed by atoms with E-state index in [1.807, 2.05) is 12.1 Å². The van der Waals surface area contributed by atoms with Crippen molar-refractivity contribution in [2.24, 2.45) is 5.92 Å². The molecule has 2 aliphatic rings. The SMILES string of the molecule is O=C1/C(=C/c2n[nH]c3ncccc23)Oc2c1ccc(Cl)c2CC1CCNCC1. The van der Waals surface area contributed by atoms with Gasteiger partial charge >= 0.3 is 0 Å². The second-order valence-corrected chi connectivity index (χ2v) is 7.66. The van der Waals surface area contributed by atoms with Crippen LogP contribution in [0.3, 0.4) is 0 Å². The highest BCUT2D eigenvalue weighted by Gasteiger charge is 2.32. The first-order chi connectivity index (χ1) is 13.7. The van der Waals surface area contributed by atoms with Crippen molar-refractivity contribution in [3.8, 4) is 5.75 Å². The lowest BCUT2D eigenvalue weighted by Crippen LogP contribution is -2.28. The Bertz CT molecular complexity index is 1100. The number of allylic oxidation sites excluding steroid dienone is 1. The maximum absolute atomic E-state index is 12.9. The van der Waals surface area contributed by atoms with E-state index in [2.05, 4.69) is 20.5 Å². The fourth-order valence-electron chi connectivity index (χ4n) is 3.96. The molecule has 2 aromatic heterocycles. The van der Waals surface area contributed by atoms with Gasteiger partial charge in [0.1, 0.15) is 5.75 Å². The van der Waals surface area contributed by atoms with E-state index in [0.29, 0.717) is 33.6 Å². The van der Waals surface area contributed by atoms with Crippen LogP contribution < -0.4 is 10.1 Å². The van der Waals surface area contributed by atoms with Gasteiger partial charge in [0.25, 0.3) is 0 Å². The van der Waals surface area contributed by atoms with Gasteiger partial charge in [-0.1, -0.05) is 11.6 Å². The normalized spacial score (nSPS) is 18.6. The Hall–Kier alpha value is -2.70. The number of fused-ring (bicyclic) bond motifs is 2. The molecule has 0 saturated carbocycles. The Morgan fingerprint density at radius 3 is 2.96 bits per heavy atom. The van der Waals surface area contributed by atoms with Crippen molar-refractivity contribution < 1.29 is 9.53 Å². The van der Waals surface area contributed by atoms with Crippen molar-refractivity contribution in [2.75, 3.05) is 13.1 Å². The Balaban J connectivity index is 1.50. The van der Waals surface area contributed by atoms with E-state index < -0.39 is 0 Å². The van der Waals surface area contributed by atoms with Gasteiger partial charge in [0.15, 0.2) is 11.4 Å². The van der Waals surface area contributed by atoms with Gasteiger partial charge in [-0.2, -0.15) is 5.10 Å². The number of rotatable bonds is 3. The lowest BCUT2D eigenvalue weighted by atomic mass is 9.90. The van der Waals surface area contributed by atoms with Crippen LogP contribution in [0.4, 0.5) is 0 Å². The van der Waals surface area contributed by atoms with Crippen LogP contribution in [-0.2, 0) is 6.42 Å². The van der Waals surface area contributed by atoms with Crippen molar-refractivity contribution >= 4 is 34.5 Å². The average Bonchev–Trinajstić information content (AvgIpc) is 3.27. The van der Waals surface area contributed by atoms with Crippen LogP contribution in [0, 0.1) is 5.92 Å². The molecule has 0 spiro atoms. The molecule has 142 valence electrons. The minimum absolute atomic E-state index is 0.140. The number of pyridine rings is 1. The number of nitrogens with one attached hydrogen (secondary N) is 2. The van der Waals surface area contributed by atoms with Crippen molar-refractivity contribution in [3.05, 3.63) is 58.1 Å². The number of halogens is 1. The highest BCUT2D eigenvalue weighted by atomic mass is 35.5. The van der Waals surface area contributed by atoms with Crippen LogP contribution in [-0.4, -0.2) is 34.1 Å². The van der Waals surface area contributed by atoms with Gasteiger partial charge in [0, 0.05) is 28.2 Å². The molecular formula is C21H19ClN4O2. The molecule has 0 aliphatic carbocycles. The number of aromatic amines is 1. The second-order valence-electron chi connectivity index (χ2n) is 7.25. The van der Waals surface area contributed by atoms with Gasteiger partial charge in [-0.25, -0.2) is 4.98 Å². The number of ketones is 1. The zero-order valence-electron chi connectivity index (χ0n) is 15.2. The quantitative estimate of drug-likeness (QED) is 0.661. The number of hydrogen-bond donors (Lipinski definition) is 2. The molecule has 2 aliphatic heterocycles. The molecule has 4 heterocycles. The Kier molecular flexibility index (Phi) is 4.37. The van der Waals surface area contributed by atoms with E-state index in [1.54, 1.807) is 24.4 Å². The largest absolute Gasteiger partial charge is 0.452 e. The first-order valence-corrected chi connectivity index (χ1v) is 9.84. The summed E-state index contributed by atoms with van der Waals surface area (Å²) in [7, 11) is 0. The predicted molar refractivity (Wildman–Crippen MR) is 108 cm³/mol. The number of H-pyrrole nitrogens is 1. The number of carbonyl (C=O) groups excluding carboxylic acids is 1. The van der Waals surface area contributed by atoms with E-state index in [-0.39, 0.29) is 11.5 Å². The third-order valence-corrected chi connectivity index (χ3v) is 5.82. The third kappa shape index (κ3) is 2.99. The highest BCUT2D eigenvalue weighted by molar-refractivity contribution is 6.32. The molecule has 7 heteroatoms. The van der Waals surface area contributed by atoms with Crippen LogP contribution in [0.1, 0.15) is 34.5 Å². The second kappa shape index (κ2) is 7.04. The number of nitrogens with zero attached hydrogens (tertiary/aromatic N) is 2. The van der Waals surface area contributed by atoms with Gasteiger partial charge in [-0.05, 0) is 62.5 Å². The first kappa shape index (κ1) is 17.4. The molecule has 5 rings (SSSR count). The summed E-state index contributed by atoms with van der Waals surface area (Å²) in [5, 5.41) is 12.0. The van der Waals surface area contributed by atoms with Crippen molar-refractivity contribution in [2.45, 2.75) is 19.3 Å². The van der Waals surface area contributed by atoms with Gasteiger partial charge < -0.3 is 10.1 Å². The fraction of sp³-hybridized carbons (Fsp3) is 0.286. The molecule has 2 N–H and O–H groups in total. The number of carbonyl (C=O) groups is 1. The summed E-state index contributed by atoms with van der Waals surface area (Å²) >= 11 is 6.49. The summed E-state index contributed by atoms with van der Waals surface area (Å²) in [4.78, 5) is 17.1. The molecule has 28 heavy (non-hydrogen) atoms. The molecule has 6 nitrogen and oxygen atoms in total. The van der Waals surface area contributed by atoms with Gasteiger partial charge in [0.05, 0.1) is 11.3 Å². The predicted octanol–water partition coefficient (Wildman–Crippen LogP) is 3.77. The monoisotopic (exact) mass is 394 g/mol.